The Labute approximate surface area is 97.8 Å². The van der Waals surface area contributed by atoms with Crippen LogP contribution in [0.3, 0.4) is 0 Å². The molecule has 1 aliphatic heterocycles. The van der Waals surface area contributed by atoms with Gasteiger partial charge in [-0.2, -0.15) is 0 Å². The van der Waals surface area contributed by atoms with Gasteiger partial charge in [0.2, 0.25) is 5.91 Å². The Kier molecular flexibility index (Phi) is 6.42. The second-order valence-corrected chi connectivity index (χ2v) is 4.70. The SMILES string of the molecule is CCCC(CCO)CNC(=O)CC1CNC1. The minimum atomic E-state index is 0.158. The van der Waals surface area contributed by atoms with Crippen LogP contribution in [0, 0.1) is 11.8 Å². The van der Waals surface area contributed by atoms with E-state index in [-0.39, 0.29) is 12.5 Å². The lowest BCUT2D eigenvalue weighted by Crippen LogP contribution is -2.45. The highest BCUT2D eigenvalue weighted by Crippen LogP contribution is 2.11. The van der Waals surface area contributed by atoms with Gasteiger partial charge < -0.3 is 15.7 Å². The molecule has 1 heterocycles. The first-order chi connectivity index (χ1) is 7.76. The number of aliphatic hydroxyl groups is 1. The molecule has 1 amide bonds. The second-order valence-electron chi connectivity index (χ2n) is 4.70. The molecule has 1 saturated heterocycles. The van der Waals surface area contributed by atoms with E-state index in [0.29, 0.717) is 24.8 Å². The minimum absolute atomic E-state index is 0.158. The van der Waals surface area contributed by atoms with Gasteiger partial charge in [-0.15, -0.1) is 0 Å². The average Bonchev–Trinajstić information content (AvgIpc) is 2.21. The van der Waals surface area contributed by atoms with Gasteiger partial charge in [0.15, 0.2) is 0 Å². The van der Waals surface area contributed by atoms with Crippen molar-refractivity contribution in [2.45, 2.75) is 32.6 Å². The van der Waals surface area contributed by atoms with Gasteiger partial charge in [-0.1, -0.05) is 13.3 Å². The number of carbonyl (C=O) groups excluding carboxylic acids is 1. The van der Waals surface area contributed by atoms with Crippen molar-refractivity contribution >= 4 is 5.91 Å². The summed E-state index contributed by atoms with van der Waals surface area (Å²) >= 11 is 0. The van der Waals surface area contributed by atoms with E-state index in [1.54, 1.807) is 0 Å². The van der Waals surface area contributed by atoms with Crippen LogP contribution in [-0.2, 0) is 4.79 Å². The van der Waals surface area contributed by atoms with Gasteiger partial charge in [0.25, 0.3) is 0 Å². The van der Waals surface area contributed by atoms with Gasteiger partial charge in [0, 0.05) is 19.6 Å². The van der Waals surface area contributed by atoms with Gasteiger partial charge >= 0.3 is 0 Å². The zero-order valence-corrected chi connectivity index (χ0v) is 10.2. The summed E-state index contributed by atoms with van der Waals surface area (Å²) < 4.78 is 0. The molecule has 0 aromatic rings. The predicted octanol–water partition coefficient (Wildman–Crippen LogP) is 0.511. The fourth-order valence-corrected chi connectivity index (χ4v) is 2.02. The molecule has 0 bridgehead atoms. The van der Waals surface area contributed by atoms with Crippen LogP contribution in [0.4, 0.5) is 0 Å². The smallest absolute Gasteiger partial charge is 0.220 e. The maximum Gasteiger partial charge on any atom is 0.220 e. The average molecular weight is 228 g/mol. The van der Waals surface area contributed by atoms with Crippen LogP contribution in [0.1, 0.15) is 32.6 Å². The third-order valence-electron chi connectivity index (χ3n) is 3.16. The molecule has 16 heavy (non-hydrogen) atoms. The molecule has 1 aliphatic rings. The summed E-state index contributed by atoms with van der Waals surface area (Å²) in [6, 6.07) is 0. The molecule has 4 nitrogen and oxygen atoms in total. The number of hydrogen-bond donors (Lipinski definition) is 3. The highest BCUT2D eigenvalue weighted by atomic mass is 16.3. The van der Waals surface area contributed by atoms with Crippen molar-refractivity contribution in [1.29, 1.82) is 0 Å². The zero-order chi connectivity index (χ0) is 11.8. The van der Waals surface area contributed by atoms with Gasteiger partial charge in [-0.25, -0.2) is 0 Å². The summed E-state index contributed by atoms with van der Waals surface area (Å²) in [6.07, 6.45) is 3.61. The first-order valence-electron chi connectivity index (χ1n) is 6.34. The molecule has 3 N–H and O–H groups in total. The second kappa shape index (κ2) is 7.63. The van der Waals surface area contributed by atoms with Crippen molar-refractivity contribution in [3.63, 3.8) is 0 Å². The molecule has 0 saturated carbocycles. The van der Waals surface area contributed by atoms with E-state index in [9.17, 15) is 4.79 Å². The molecule has 0 aromatic heterocycles. The lowest BCUT2D eigenvalue weighted by atomic mass is 9.98. The lowest BCUT2D eigenvalue weighted by Gasteiger charge is -2.26. The van der Waals surface area contributed by atoms with E-state index in [1.165, 1.54) is 0 Å². The zero-order valence-electron chi connectivity index (χ0n) is 10.2. The molecule has 1 atom stereocenters. The number of nitrogens with one attached hydrogen (secondary N) is 2. The van der Waals surface area contributed by atoms with E-state index in [2.05, 4.69) is 17.6 Å². The van der Waals surface area contributed by atoms with Crippen LogP contribution < -0.4 is 10.6 Å². The summed E-state index contributed by atoms with van der Waals surface area (Å²) in [5.41, 5.74) is 0. The molecule has 0 spiro atoms. The van der Waals surface area contributed by atoms with Crippen molar-refractivity contribution < 1.29 is 9.90 Å². The van der Waals surface area contributed by atoms with Crippen LogP contribution >= 0.6 is 0 Å². The predicted molar refractivity (Wildman–Crippen MR) is 64.1 cm³/mol. The molecule has 1 fully saturated rings. The number of amides is 1. The minimum Gasteiger partial charge on any atom is -0.396 e. The standard InChI is InChI=1S/C12H24N2O2/c1-2-3-10(4-5-15)9-14-12(16)6-11-7-13-8-11/h10-11,13,15H,2-9H2,1H3,(H,14,16). The van der Waals surface area contributed by atoms with Gasteiger partial charge in [-0.3, -0.25) is 4.79 Å². The summed E-state index contributed by atoms with van der Waals surface area (Å²) in [5, 5.41) is 15.0. The third-order valence-corrected chi connectivity index (χ3v) is 3.16. The number of carbonyl (C=O) groups is 1. The molecule has 0 radical (unpaired) electrons. The van der Waals surface area contributed by atoms with E-state index in [1.807, 2.05) is 0 Å². The van der Waals surface area contributed by atoms with Crippen LogP contribution in [0.2, 0.25) is 0 Å². The normalized spacial score (nSPS) is 17.9. The molecule has 1 rings (SSSR count). The number of rotatable bonds is 8. The van der Waals surface area contributed by atoms with Crippen LogP contribution in [0.15, 0.2) is 0 Å². The highest BCUT2D eigenvalue weighted by molar-refractivity contribution is 5.76. The highest BCUT2D eigenvalue weighted by Gasteiger charge is 2.20. The summed E-state index contributed by atoms with van der Waals surface area (Å²) in [4.78, 5) is 11.6. The van der Waals surface area contributed by atoms with Crippen molar-refractivity contribution in [1.82, 2.24) is 10.6 Å². The molecule has 0 aromatic carbocycles. The van der Waals surface area contributed by atoms with E-state index < -0.39 is 0 Å². The van der Waals surface area contributed by atoms with Gasteiger partial charge in [0.1, 0.15) is 0 Å². The maximum absolute atomic E-state index is 11.6. The van der Waals surface area contributed by atoms with Crippen molar-refractivity contribution in [2.24, 2.45) is 11.8 Å². The van der Waals surface area contributed by atoms with Crippen molar-refractivity contribution in [2.75, 3.05) is 26.2 Å². The Morgan fingerprint density at radius 2 is 2.25 bits per heavy atom. The molecular formula is C12H24N2O2. The van der Waals surface area contributed by atoms with Crippen LogP contribution in [0.5, 0.6) is 0 Å². The maximum atomic E-state index is 11.6. The van der Waals surface area contributed by atoms with Crippen molar-refractivity contribution in [3.8, 4) is 0 Å². The largest absolute Gasteiger partial charge is 0.396 e. The van der Waals surface area contributed by atoms with E-state index in [4.69, 9.17) is 5.11 Å². The van der Waals surface area contributed by atoms with Gasteiger partial charge in [0.05, 0.1) is 0 Å². The van der Waals surface area contributed by atoms with E-state index in [0.717, 1.165) is 32.4 Å². The molecule has 0 aliphatic carbocycles. The number of aliphatic hydroxyl groups excluding tert-OH is 1. The molecular weight excluding hydrogens is 204 g/mol. The molecule has 4 heteroatoms. The fraction of sp³-hybridized carbons (Fsp3) is 0.917. The summed E-state index contributed by atoms with van der Waals surface area (Å²) in [6.45, 7) is 5.01. The first-order valence-corrected chi connectivity index (χ1v) is 6.34. The summed E-state index contributed by atoms with van der Waals surface area (Å²) in [7, 11) is 0. The van der Waals surface area contributed by atoms with Crippen LogP contribution in [0.25, 0.3) is 0 Å². The first kappa shape index (κ1) is 13.5. The number of hydrogen-bond acceptors (Lipinski definition) is 3. The lowest BCUT2D eigenvalue weighted by molar-refractivity contribution is -0.122. The van der Waals surface area contributed by atoms with Gasteiger partial charge in [-0.05, 0) is 37.8 Å². The Balaban J connectivity index is 2.11. The van der Waals surface area contributed by atoms with E-state index >= 15 is 0 Å². The topological polar surface area (TPSA) is 61.4 Å². The third kappa shape index (κ3) is 4.94. The Bertz CT molecular complexity index is 199. The molecule has 94 valence electrons. The Hall–Kier alpha value is -0.610. The monoisotopic (exact) mass is 228 g/mol. The fourth-order valence-electron chi connectivity index (χ4n) is 2.02. The Morgan fingerprint density at radius 1 is 1.50 bits per heavy atom. The summed E-state index contributed by atoms with van der Waals surface area (Å²) in [5.74, 6) is 1.12. The Morgan fingerprint density at radius 3 is 2.75 bits per heavy atom. The quantitative estimate of drug-likeness (QED) is 0.567. The van der Waals surface area contributed by atoms with Crippen molar-refractivity contribution in [3.05, 3.63) is 0 Å². The molecule has 1 unspecified atom stereocenters. The van der Waals surface area contributed by atoms with Crippen LogP contribution in [-0.4, -0.2) is 37.3 Å².